The zero-order valence-electron chi connectivity index (χ0n) is 11.8. The lowest BCUT2D eigenvalue weighted by Crippen LogP contribution is -2.18. The molecule has 1 aliphatic carbocycles. The molecule has 4 heteroatoms. The highest BCUT2D eigenvalue weighted by molar-refractivity contribution is 5.50. The Morgan fingerprint density at radius 2 is 1.90 bits per heavy atom. The Bertz CT molecular complexity index is 637. The van der Waals surface area contributed by atoms with Crippen molar-refractivity contribution in [2.75, 3.05) is 12.4 Å². The summed E-state index contributed by atoms with van der Waals surface area (Å²) in [6.45, 7) is 0. The van der Waals surface area contributed by atoms with E-state index in [9.17, 15) is 8.78 Å². The van der Waals surface area contributed by atoms with Crippen LogP contribution in [0.15, 0.2) is 36.4 Å². The molecule has 1 atom stereocenters. The molecule has 2 aromatic rings. The molecule has 0 radical (unpaired) electrons. The van der Waals surface area contributed by atoms with Crippen LogP contribution >= 0.6 is 0 Å². The number of para-hydroxylation sites is 1. The quantitative estimate of drug-likeness (QED) is 0.900. The van der Waals surface area contributed by atoms with Crippen molar-refractivity contribution in [1.82, 2.24) is 0 Å². The second-order valence-corrected chi connectivity index (χ2v) is 5.25. The average molecular weight is 289 g/mol. The Balaban J connectivity index is 1.95. The maximum atomic E-state index is 13.8. The third-order valence-electron chi connectivity index (χ3n) is 3.95. The highest BCUT2D eigenvalue weighted by Gasteiger charge is 2.22. The summed E-state index contributed by atoms with van der Waals surface area (Å²) in [6.07, 6.45) is 2.82. The van der Waals surface area contributed by atoms with Crippen LogP contribution in [0.1, 0.15) is 30.0 Å². The Morgan fingerprint density at radius 3 is 2.62 bits per heavy atom. The van der Waals surface area contributed by atoms with Crippen LogP contribution in [0.25, 0.3) is 0 Å². The Hall–Kier alpha value is -2.10. The van der Waals surface area contributed by atoms with Gasteiger partial charge in [-0.2, -0.15) is 0 Å². The van der Waals surface area contributed by atoms with Gasteiger partial charge in [-0.25, -0.2) is 8.78 Å². The number of hydrogen-bond acceptors (Lipinski definition) is 2. The van der Waals surface area contributed by atoms with Gasteiger partial charge in [0.1, 0.15) is 23.1 Å². The molecule has 0 saturated heterocycles. The maximum absolute atomic E-state index is 13.8. The minimum atomic E-state index is -0.565. The second-order valence-electron chi connectivity index (χ2n) is 5.25. The largest absolute Gasteiger partial charge is 0.497 e. The topological polar surface area (TPSA) is 21.3 Å². The zero-order chi connectivity index (χ0) is 14.8. The molecular formula is C17H17F2NO. The highest BCUT2D eigenvalue weighted by Crippen LogP contribution is 2.35. The third kappa shape index (κ3) is 2.71. The summed E-state index contributed by atoms with van der Waals surface area (Å²) >= 11 is 0. The van der Waals surface area contributed by atoms with Crippen LogP contribution in [-0.2, 0) is 6.42 Å². The van der Waals surface area contributed by atoms with E-state index in [0.29, 0.717) is 0 Å². The molecule has 1 aliphatic rings. The van der Waals surface area contributed by atoms with Gasteiger partial charge in [-0.15, -0.1) is 0 Å². The van der Waals surface area contributed by atoms with Crippen molar-refractivity contribution in [3.8, 4) is 5.75 Å². The number of hydrogen-bond donors (Lipinski definition) is 1. The molecule has 2 nitrogen and oxygen atoms in total. The predicted molar refractivity (Wildman–Crippen MR) is 78.7 cm³/mol. The lowest BCUT2D eigenvalue weighted by atomic mass is 9.87. The predicted octanol–water partition coefficient (Wildman–Crippen LogP) is 4.46. The summed E-state index contributed by atoms with van der Waals surface area (Å²) in [6, 6.07) is 9.69. The van der Waals surface area contributed by atoms with Crippen molar-refractivity contribution in [1.29, 1.82) is 0 Å². The van der Waals surface area contributed by atoms with Crippen LogP contribution in [0.3, 0.4) is 0 Å². The van der Waals surface area contributed by atoms with Gasteiger partial charge in [0.2, 0.25) is 0 Å². The van der Waals surface area contributed by atoms with Crippen LogP contribution in [0.2, 0.25) is 0 Å². The van der Waals surface area contributed by atoms with E-state index >= 15 is 0 Å². The van der Waals surface area contributed by atoms with Crippen LogP contribution < -0.4 is 10.1 Å². The first-order chi connectivity index (χ1) is 10.2. The molecular weight excluding hydrogens is 272 g/mol. The molecule has 0 fully saturated rings. The van der Waals surface area contributed by atoms with Gasteiger partial charge < -0.3 is 10.1 Å². The molecule has 110 valence electrons. The number of methoxy groups -OCH3 is 1. The molecule has 1 N–H and O–H groups in total. The molecule has 0 aromatic heterocycles. The van der Waals surface area contributed by atoms with Gasteiger partial charge in [-0.1, -0.05) is 12.1 Å². The average Bonchev–Trinajstić information content (AvgIpc) is 2.50. The number of anilines is 1. The van der Waals surface area contributed by atoms with Gasteiger partial charge in [0.15, 0.2) is 0 Å². The van der Waals surface area contributed by atoms with E-state index in [0.717, 1.165) is 30.6 Å². The van der Waals surface area contributed by atoms with Crippen molar-refractivity contribution in [3.63, 3.8) is 0 Å². The second kappa shape index (κ2) is 5.72. The lowest BCUT2D eigenvalue weighted by Gasteiger charge is -2.28. The first kappa shape index (κ1) is 13.9. The third-order valence-corrected chi connectivity index (χ3v) is 3.95. The molecule has 0 heterocycles. The van der Waals surface area contributed by atoms with Crippen LogP contribution in [0, 0.1) is 11.6 Å². The number of aryl methyl sites for hydroxylation is 1. The zero-order valence-corrected chi connectivity index (χ0v) is 11.8. The van der Waals surface area contributed by atoms with E-state index in [-0.39, 0.29) is 11.7 Å². The summed E-state index contributed by atoms with van der Waals surface area (Å²) in [7, 11) is 1.61. The normalized spacial score (nSPS) is 17.2. The van der Waals surface area contributed by atoms with E-state index in [2.05, 4.69) is 5.32 Å². The van der Waals surface area contributed by atoms with Gasteiger partial charge in [-0.05, 0) is 54.7 Å². The van der Waals surface area contributed by atoms with E-state index in [1.54, 1.807) is 7.11 Å². The Morgan fingerprint density at radius 1 is 1.14 bits per heavy atom. The first-order valence-corrected chi connectivity index (χ1v) is 7.06. The van der Waals surface area contributed by atoms with E-state index in [4.69, 9.17) is 4.74 Å². The van der Waals surface area contributed by atoms with Crippen molar-refractivity contribution in [3.05, 3.63) is 59.2 Å². The summed E-state index contributed by atoms with van der Waals surface area (Å²) in [5.41, 5.74) is 2.21. The number of benzene rings is 2. The smallest absolute Gasteiger partial charge is 0.149 e. The van der Waals surface area contributed by atoms with Crippen molar-refractivity contribution >= 4 is 5.69 Å². The molecule has 21 heavy (non-hydrogen) atoms. The summed E-state index contributed by atoms with van der Waals surface area (Å²) in [4.78, 5) is 0. The molecule has 0 amide bonds. The number of nitrogens with one attached hydrogen (secondary N) is 1. The number of halogens is 2. The van der Waals surface area contributed by atoms with Crippen molar-refractivity contribution in [2.45, 2.75) is 25.3 Å². The fourth-order valence-corrected chi connectivity index (χ4v) is 2.86. The SMILES string of the molecule is COc1ccc2c(c1)C(Nc1c(F)cccc1F)CCC2. The van der Waals surface area contributed by atoms with Crippen molar-refractivity contribution in [2.24, 2.45) is 0 Å². The number of fused-ring (bicyclic) bond motifs is 1. The van der Waals surface area contributed by atoms with Gasteiger partial charge >= 0.3 is 0 Å². The molecule has 2 aromatic carbocycles. The molecule has 3 rings (SSSR count). The standard InChI is InChI=1S/C17H17F2NO/c1-21-12-9-8-11-4-2-7-16(13(11)10-12)20-17-14(18)5-3-6-15(17)19/h3,5-6,8-10,16,20H,2,4,7H2,1H3. The van der Waals surface area contributed by atoms with Crippen molar-refractivity contribution < 1.29 is 13.5 Å². The summed E-state index contributed by atoms with van der Waals surface area (Å²) in [5.74, 6) is -0.369. The van der Waals surface area contributed by atoms with E-state index in [1.165, 1.54) is 23.8 Å². The minimum absolute atomic E-state index is 0.0573. The molecule has 0 saturated carbocycles. The highest BCUT2D eigenvalue weighted by atomic mass is 19.1. The van der Waals surface area contributed by atoms with Gasteiger partial charge in [0.05, 0.1) is 13.2 Å². The molecule has 0 spiro atoms. The van der Waals surface area contributed by atoms with Gasteiger partial charge in [-0.3, -0.25) is 0 Å². The van der Waals surface area contributed by atoms with Crippen LogP contribution in [-0.4, -0.2) is 7.11 Å². The van der Waals surface area contributed by atoms with Crippen LogP contribution in [0.5, 0.6) is 5.75 Å². The van der Waals surface area contributed by atoms with Crippen LogP contribution in [0.4, 0.5) is 14.5 Å². The fraction of sp³-hybridized carbons (Fsp3) is 0.294. The van der Waals surface area contributed by atoms with E-state index in [1.807, 2.05) is 18.2 Å². The summed E-state index contributed by atoms with van der Waals surface area (Å²) in [5, 5.41) is 3.02. The number of rotatable bonds is 3. The lowest BCUT2D eigenvalue weighted by molar-refractivity contribution is 0.413. The monoisotopic (exact) mass is 289 g/mol. The summed E-state index contributed by atoms with van der Waals surface area (Å²) < 4.78 is 32.8. The number of ether oxygens (including phenoxy) is 1. The van der Waals surface area contributed by atoms with E-state index < -0.39 is 11.6 Å². The molecule has 1 unspecified atom stereocenters. The minimum Gasteiger partial charge on any atom is -0.497 e. The van der Waals surface area contributed by atoms with Gasteiger partial charge in [0.25, 0.3) is 0 Å². The first-order valence-electron chi connectivity index (χ1n) is 7.06. The molecule has 0 aliphatic heterocycles. The Labute approximate surface area is 122 Å². The Kier molecular flexibility index (Phi) is 3.78. The maximum Gasteiger partial charge on any atom is 0.149 e. The fourth-order valence-electron chi connectivity index (χ4n) is 2.86. The molecule has 0 bridgehead atoms. The van der Waals surface area contributed by atoms with Gasteiger partial charge in [0, 0.05) is 0 Å².